The third-order valence-electron chi connectivity index (χ3n) is 3.42. The van der Waals surface area contributed by atoms with Crippen LogP contribution in [-0.2, 0) is 4.79 Å². The zero-order valence-corrected chi connectivity index (χ0v) is 11.5. The number of piperidine rings is 1. The van der Waals surface area contributed by atoms with Gasteiger partial charge in [-0.1, -0.05) is 0 Å². The summed E-state index contributed by atoms with van der Waals surface area (Å²) in [7, 11) is 0. The van der Waals surface area contributed by atoms with Crippen molar-refractivity contribution in [2.24, 2.45) is 5.92 Å². The molecule has 0 aliphatic carbocycles. The number of anilines is 2. The lowest BCUT2D eigenvalue weighted by molar-refractivity contribution is -0.119. The quantitative estimate of drug-likeness (QED) is 0.839. The number of amides is 1. The van der Waals surface area contributed by atoms with Gasteiger partial charge in [-0.2, -0.15) is 0 Å². The van der Waals surface area contributed by atoms with Gasteiger partial charge in [0.2, 0.25) is 5.91 Å². The third kappa shape index (κ3) is 3.81. The van der Waals surface area contributed by atoms with Gasteiger partial charge < -0.3 is 16.0 Å². The summed E-state index contributed by atoms with van der Waals surface area (Å²) >= 11 is 0. The molecule has 1 aromatic heterocycles. The number of hydrogen-bond acceptors (Lipinski definition) is 5. The minimum absolute atomic E-state index is 0.0432. The highest BCUT2D eigenvalue weighted by molar-refractivity contribution is 5.72. The molecule has 1 saturated heterocycles. The zero-order valence-electron chi connectivity index (χ0n) is 11.5. The molecule has 6 nitrogen and oxygen atoms in total. The van der Waals surface area contributed by atoms with Gasteiger partial charge in [0, 0.05) is 32.6 Å². The number of nitrogens with zero attached hydrogens (tertiary/aromatic N) is 3. The highest BCUT2D eigenvalue weighted by Crippen LogP contribution is 2.22. The lowest BCUT2D eigenvalue weighted by atomic mass is 9.97. The average molecular weight is 263 g/mol. The summed E-state index contributed by atoms with van der Waals surface area (Å²) < 4.78 is 0. The lowest BCUT2D eigenvalue weighted by Gasteiger charge is -2.32. The Morgan fingerprint density at radius 2 is 2.16 bits per heavy atom. The molecule has 3 N–H and O–H groups in total. The second-order valence-electron chi connectivity index (χ2n) is 5.07. The van der Waals surface area contributed by atoms with Crippen molar-refractivity contribution >= 4 is 17.5 Å². The Balaban J connectivity index is 1.90. The number of carbonyl (C=O) groups excluding carboxylic acids is 1. The second kappa shape index (κ2) is 5.86. The minimum atomic E-state index is 0.0432. The molecule has 0 unspecified atom stereocenters. The Labute approximate surface area is 113 Å². The fraction of sp³-hybridized carbons (Fsp3) is 0.615. The molecular weight excluding hydrogens is 242 g/mol. The number of carbonyl (C=O) groups is 1. The third-order valence-corrected chi connectivity index (χ3v) is 3.42. The van der Waals surface area contributed by atoms with Crippen molar-refractivity contribution in [1.29, 1.82) is 0 Å². The first-order valence-corrected chi connectivity index (χ1v) is 6.65. The molecule has 104 valence electrons. The van der Waals surface area contributed by atoms with E-state index in [1.54, 1.807) is 6.92 Å². The fourth-order valence-corrected chi connectivity index (χ4v) is 2.39. The first kappa shape index (κ1) is 13.6. The van der Waals surface area contributed by atoms with Gasteiger partial charge in [-0.15, -0.1) is 0 Å². The summed E-state index contributed by atoms with van der Waals surface area (Å²) in [6, 6.07) is 1.82. The Hall–Kier alpha value is -1.85. The molecule has 0 radical (unpaired) electrons. The molecule has 0 saturated carbocycles. The highest BCUT2D eigenvalue weighted by atomic mass is 16.1. The van der Waals surface area contributed by atoms with Crippen molar-refractivity contribution in [3.8, 4) is 0 Å². The first-order valence-electron chi connectivity index (χ1n) is 6.65. The first-order chi connectivity index (χ1) is 9.04. The van der Waals surface area contributed by atoms with Gasteiger partial charge in [0.25, 0.3) is 0 Å². The molecule has 1 fully saturated rings. The number of aryl methyl sites for hydroxylation is 1. The normalized spacial score (nSPS) is 16.4. The van der Waals surface area contributed by atoms with E-state index >= 15 is 0 Å². The summed E-state index contributed by atoms with van der Waals surface area (Å²) in [5.74, 6) is 2.73. The Morgan fingerprint density at radius 1 is 1.47 bits per heavy atom. The SMILES string of the molecule is CC(=O)NCC1CCN(c2cc(N)nc(C)n2)CC1. The minimum Gasteiger partial charge on any atom is -0.384 e. The van der Waals surface area contributed by atoms with E-state index in [2.05, 4.69) is 20.2 Å². The molecule has 0 atom stereocenters. The molecule has 1 aliphatic heterocycles. The molecule has 6 heteroatoms. The van der Waals surface area contributed by atoms with E-state index < -0.39 is 0 Å². The highest BCUT2D eigenvalue weighted by Gasteiger charge is 2.20. The van der Waals surface area contributed by atoms with Gasteiger partial charge in [-0.05, 0) is 25.7 Å². The number of nitrogens with one attached hydrogen (secondary N) is 1. The van der Waals surface area contributed by atoms with E-state index in [0.29, 0.717) is 17.6 Å². The van der Waals surface area contributed by atoms with E-state index in [-0.39, 0.29) is 5.91 Å². The van der Waals surface area contributed by atoms with Gasteiger partial charge in [-0.25, -0.2) is 9.97 Å². The van der Waals surface area contributed by atoms with Crippen LogP contribution in [0.25, 0.3) is 0 Å². The molecule has 0 spiro atoms. The maximum atomic E-state index is 10.9. The van der Waals surface area contributed by atoms with E-state index in [0.717, 1.165) is 38.3 Å². The number of aromatic nitrogens is 2. The number of rotatable bonds is 3. The van der Waals surface area contributed by atoms with E-state index in [1.165, 1.54) is 0 Å². The molecule has 1 aliphatic rings. The fourth-order valence-electron chi connectivity index (χ4n) is 2.39. The van der Waals surface area contributed by atoms with E-state index in [1.807, 2.05) is 13.0 Å². The predicted molar refractivity (Wildman–Crippen MR) is 74.8 cm³/mol. The molecule has 1 aromatic rings. The summed E-state index contributed by atoms with van der Waals surface area (Å²) in [5, 5.41) is 2.88. The number of hydrogen-bond donors (Lipinski definition) is 2. The standard InChI is InChI=1S/C13H21N5O/c1-9-16-12(14)7-13(17-9)18-5-3-11(4-6-18)8-15-10(2)19/h7,11H,3-6,8H2,1-2H3,(H,15,19)(H2,14,16,17). The Bertz CT molecular complexity index is 434. The largest absolute Gasteiger partial charge is 0.384 e. The second-order valence-corrected chi connectivity index (χ2v) is 5.07. The van der Waals surface area contributed by atoms with Crippen molar-refractivity contribution in [3.05, 3.63) is 11.9 Å². The van der Waals surface area contributed by atoms with Gasteiger partial charge in [0.1, 0.15) is 17.5 Å². The summed E-state index contributed by atoms with van der Waals surface area (Å²) in [6.45, 7) is 6.07. The molecule has 2 heterocycles. The smallest absolute Gasteiger partial charge is 0.216 e. The number of nitrogens with two attached hydrogens (primary N) is 1. The van der Waals surface area contributed by atoms with E-state index in [9.17, 15) is 4.79 Å². The van der Waals surface area contributed by atoms with Crippen molar-refractivity contribution in [2.45, 2.75) is 26.7 Å². The van der Waals surface area contributed by atoms with Crippen molar-refractivity contribution < 1.29 is 4.79 Å². The topological polar surface area (TPSA) is 84.1 Å². The summed E-state index contributed by atoms with van der Waals surface area (Å²) in [6.07, 6.45) is 2.12. The maximum absolute atomic E-state index is 10.9. The number of nitrogen functional groups attached to an aromatic ring is 1. The van der Waals surface area contributed by atoms with Crippen LogP contribution in [0.4, 0.5) is 11.6 Å². The summed E-state index contributed by atoms with van der Waals surface area (Å²) in [4.78, 5) is 21.6. The van der Waals surface area contributed by atoms with Crippen LogP contribution < -0.4 is 16.0 Å². The lowest BCUT2D eigenvalue weighted by Crippen LogP contribution is -2.38. The van der Waals surface area contributed by atoms with Crippen LogP contribution in [0.15, 0.2) is 6.07 Å². The van der Waals surface area contributed by atoms with Crippen LogP contribution in [-0.4, -0.2) is 35.5 Å². The summed E-state index contributed by atoms with van der Waals surface area (Å²) in [5.41, 5.74) is 5.75. The van der Waals surface area contributed by atoms with Crippen LogP contribution in [0, 0.1) is 12.8 Å². The van der Waals surface area contributed by atoms with Gasteiger partial charge >= 0.3 is 0 Å². The van der Waals surface area contributed by atoms with Gasteiger partial charge in [0.05, 0.1) is 0 Å². The molecular formula is C13H21N5O. The zero-order chi connectivity index (χ0) is 13.8. The van der Waals surface area contributed by atoms with Crippen LogP contribution in [0.3, 0.4) is 0 Å². The van der Waals surface area contributed by atoms with Crippen LogP contribution in [0.5, 0.6) is 0 Å². The monoisotopic (exact) mass is 263 g/mol. The Kier molecular flexibility index (Phi) is 4.19. The molecule has 0 aromatic carbocycles. The van der Waals surface area contributed by atoms with Crippen LogP contribution in [0.2, 0.25) is 0 Å². The maximum Gasteiger partial charge on any atom is 0.216 e. The van der Waals surface area contributed by atoms with Gasteiger partial charge in [0.15, 0.2) is 0 Å². The van der Waals surface area contributed by atoms with E-state index in [4.69, 9.17) is 5.73 Å². The van der Waals surface area contributed by atoms with Crippen molar-refractivity contribution in [3.63, 3.8) is 0 Å². The Morgan fingerprint density at radius 3 is 2.74 bits per heavy atom. The molecule has 0 bridgehead atoms. The molecule has 2 rings (SSSR count). The van der Waals surface area contributed by atoms with Crippen molar-refractivity contribution in [1.82, 2.24) is 15.3 Å². The molecule has 19 heavy (non-hydrogen) atoms. The van der Waals surface area contributed by atoms with Crippen molar-refractivity contribution in [2.75, 3.05) is 30.3 Å². The predicted octanol–water partition coefficient (Wildman–Crippen LogP) is 0.720. The van der Waals surface area contributed by atoms with Crippen LogP contribution >= 0.6 is 0 Å². The average Bonchev–Trinajstić information content (AvgIpc) is 2.36. The molecule has 1 amide bonds. The van der Waals surface area contributed by atoms with Crippen LogP contribution in [0.1, 0.15) is 25.6 Å². The van der Waals surface area contributed by atoms with Gasteiger partial charge in [-0.3, -0.25) is 4.79 Å².